The normalized spacial score (nSPS) is 10.6. The first kappa shape index (κ1) is 21.3. The summed E-state index contributed by atoms with van der Waals surface area (Å²) in [4.78, 5) is 24.0. The number of carbonyl (C=O) groups excluding carboxylic acids is 2. The Morgan fingerprint density at radius 1 is 0.781 bits per heavy atom. The van der Waals surface area contributed by atoms with Gasteiger partial charge in [0.15, 0.2) is 0 Å². The summed E-state index contributed by atoms with van der Waals surface area (Å²) in [6, 6.07) is 19.5. The number of fused-ring (bicyclic) bond motifs is 1. The van der Waals surface area contributed by atoms with Gasteiger partial charge in [-0.3, -0.25) is 10.1 Å². The molecule has 0 saturated heterocycles. The van der Waals surface area contributed by atoms with Gasteiger partial charge in [0.1, 0.15) is 28.7 Å². The fourth-order valence-electron chi connectivity index (χ4n) is 3.10. The van der Waals surface area contributed by atoms with Gasteiger partial charge in [0.25, 0.3) is 5.91 Å². The second kappa shape index (κ2) is 9.03. The molecule has 0 bridgehead atoms. The SMILES string of the molecule is O=C(NC(=O)c1c(F)cccc1F)Nc1ccc(Oc2ccc(Cl)c3ccccc23)cc1. The molecule has 0 saturated carbocycles. The number of benzene rings is 4. The van der Waals surface area contributed by atoms with Gasteiger partial charge in [0.2, 0.25) is 0 Å². The standard InChI is InChI=1S/C24H15ClF2N2O3/c25-18-12-13-21(17-5-2-1-4-16(17)18)32-15-10-8-14(9-11-15)28-24(31)29-23(30)22-19(26)6-3-7-20(22)27/h1-13H,(H2,28,29,30,31). The number of nitrogens with one attached hydrogen (secondary N) is 2. The summed E-state index contributed by atoms with van der Waals surface area (Å²) in [6.07, 6.45) is 0. The fraction of sp³-hybridized carbons (Fsp3) is 0. The molecule has 0 fully saturated rings. The lowest BCUT2D eigenvalue weighted by atomic mass is 10.1. The lowest BCUT2D eigenvalue weighted by Crippen LogP contribution is -2.35. The summed E-state index contributed by atoms with van der Waals surface area (Å²) in [5.41, 5.74) is -0.487. The third-order valence-electron chi connectivity index (χ3n) is 4.59. The van der Waals surface area contributed by atoms with Crippen molar-refractivity contribution in [1.82, 2.24) is 5.32 Å². The third kappa shape index (κ3) is 4.53. The summed E-state index contributed by atoms with van der Waals surface area (Å²) < 4.78 is 33.3. The summed E-state index contributed by atoms with van der Waals surface area (Å²) in [6.45, 7) is 0. The van der Waals surface area contributed by atoms with Crippen molar-refractivity contribution in [2.45, 2.75) is 0 Å². The van der Waals surface area contributed by atoms with Crippen LogP contribution in [0, 0.1) is 11.6 Å². The first-order chi connectivity index (χ1) is 15.4. The number of urea groups is 1. The summed E-state index contributed by atoms with van der Waals surface area (Å²) in [7, 11) is 0. The molecule has 8 heteroatoms. The van der Waals surface area contributed by atoms with E-state index in [0.717, 1.165) is 29.0 Å². The van der Waals surface area contributed by atoms with Crippen LogP contribution in [0.15, 0.2) is 78.9 Å². The van der Waals surface area contributed by atoms with Crippen LogP contribution in [0.25, 0.3) is 10.8 Å². The number of imide groups is 1. The number of ether oxygens (including phenoxy) is 1. The lowest BCUT2D eigenvalue weighted by Gasteiger charge is -2.11. The van der Waals surface area contributed by atoms with Crippen molar-refractivity contribution in [1.29, 1.82) is 0 Å². The van der Waals surface area contributed by atoms with Crippen molar-refractivity contribution in [3.05, 3.63) is 101 Å². The molecule has 4 aromatic rings. The Morgan fingerprint density at radius 3 is 2.12 bits per heavy atom. The van der Waals surface area contributed by atoms with Gasteiger partial charge in [0, 0.05) is 21.5 Å². The zero-order chi connectivity index (χ0) is 22.7. The first-order valence-electron chi connectivity index (χ1n) is 9.44. The molecule has 32 heavy (non-hydrogen) atoms. The number of halogens is 3. The third-order valence-corrected chi connectivity index (χ3v) is 4.92. The largest absolute Gasteiger partial charge is 0.457 e. The molecule has 0 aliphatic rings. The van der Waals surface area contributed by atoms with E-state index >= 15 is 0 Å². The minimum absolute atomic E-state index is 0.345. The Kier molecular flexibility index (Phi) is 6.00. The average Bonchev–Trinajstić information content (AvgIpc) is 2.77. The summed E-state index contributed by atoms with van der Waals surface area (Å²) in [5.74, 6) is -2.19. The summed E-state index contributed by atoms with van der Waals surface area (Å²) >= 11 is 6.23. The van der Waals surface area contributed by atoms with Crippen LogP contribution < -0.4 is 15.4 Å². The Balaban J connectivity index is 1.43. The van der Waals surface area contributed by atoms with Crippen LogP contribution in [0.1, 0.15) is 10.4 Å². The van der Waals surface area contributed by atoms with E-state index in [1.807, 2.05) is 29.6 Å². The molecule has 0 aliphatic heterocycles. The average molecular weight is 453 g/mol. The molecule has 0 heterocycles. The van der Waals surface area contributed by atoms with Crippen LogP contribution in [0.4, 0.5) is 19.3 Å². The van der Waals surface area contributed by atoms with E-state index in [2.05, 4.69) is 5.32 Å². The first-order valence-corrected chi connectivity index (χ1v) is 9.81. The second-order valence-electron chi connectivity index (χ2n) is 6.72. The topological polar surface area (TPSA) is 67.4 Å². The van der Waals surface area contributed by atoms with E-state index < -0.39 is 29.1 Å². The Morgan fingerprint density at radius 2 is 1.44 bits per heavy atom. The number of hydrogen-bond acceptors (Lipinski definition) is 3. The van der Waals surface area contributed by atoms with Gasteiger partial charge in [0.05, 0.1) is 0 Å². The molecular formula is C24H15ClF2N2O3. The van der Waals surface area contributed by atoms with Gasteiger partial charge in [-0.1, -0.05) is 41.9 Å². The summed E-state index contributed by atoms with van der Waals surface area (Å²) in [5, 5.41) is 6.64. The molecule has 0 radical (unpaired) electrons. The number of amides is 3. The van der Waals surface area contributed by atoms with E-state index in [1.165, 1.54) is 0 Å². The Bertz CT molecular complexity index is 1310. The van der Waals surface area contributed by atoms with Crippen LogP contribution in [0.2, 0.25) is 5.02 Å². The Labute approximate surface area is 186 Å². The van der Waals surface area contributed by atoms with E-state index in [4.69, 9.17) is 16.3 Å². The van der Waals surface area contributed by atoms with E-state index in [0.29, 0.717) is 22.2 Å². The highest BCUT2D eigenvalue weighted by Gasteiger charge is 2.19. The molecule has 0 atom stereocenters. The molecule has 0 spiro atoms. The van der Waals surface area contributed by atoms with Crippen LogP contribution >= 0.6 is 11.6 Å². The fourth-order valence-corrected chi connectivity index (χ4v) is 3.33. The number of anilines is 1. The molecular weight excluding hydrogens is 438 g/mol. The van der Waals surface area contributed by atoms with Gasteiger partial charge in [-0.15, -0.1) is 0 Å². The van der Waals surface area contributed by atoms with Gasteiger partial charge >= 0.3 is 6.03 Å². The molecule has 0 unspecified atom stereocenters. The van der Waals surface area contributed by atoms with E-state index in [-0.39, 0.29) is 0 Å². The predicted octanol–water partition coefficient (Wildman–Crippen LogP) is 6.53. The lowest BCUT2D eigenvalue weighted by molar-refractivity contribution is 0.0959. The quantitative estimate of drug-likeness (QED) is 0.370. The zero-order valence-electron chi connectivity index (χ0n) is 16.4. The zero-order valence-corrected chi connectivity index (χ0v) is 17.1. The van der Waals surface area contributed by atoms with Crippen LogP contribution in [0.3, 0.4) is 0 Å². The van der Waals surface area contributed by atoms with E-state index in [9.17, 15) is 18.4 Å². The monoisotopic (exact) mass is 452 g/mol. The maximum absolute atomic E-state index is 13.7. The van der Waals surface area contributed by atoms with Crippen molar-refractivity contribution in [3.8, 4) is 11.5 Å². The van der Waals surface area contributed by atoms with Crippen molar-refractivity contribution in [2.24, 2.45) is 0 Å². The van der Waals surface area contributed by atoms with Crippen molar-refractivity contribution in [2.75, 3.05) is 5.32 Å². The van der Waals surface area contributed by atoms with Gasteiger partial charge in [-0.25, -0.2) is 13.6 Å². The Hall–Kier alpha value is -3.97. The maximum Gasteiger partial charge on any atom is 0.326 e. The van der Waals surface area contributed by atoms with Crippen molar-refractivity contribution < 1.29 is 23.1 Å². The highest BCUT2D eigenvalue weighted by Crippen LogP contribution is 2.34. The van der Waals surface area contributed by atoms with Gasteiger partial charge in [-0.2, -0.15) is 0 Å². The van der Waals surface area contributed by atoms with Crippen LogP contribution in [-0.2, 0) is 0 Å². The van der Waals surface area contributed by atoms with E-state index in [1.54, 1.807) is 36.4 Å². The van der Waals surface area contributed by atoms with Crippen molar-refractivity contribution in [3.63, 3.8) is 0 Å². The number of rotatable bonds is 4. The molecule has 4 rings (SSSR count). The number of hydrogen-bond donors (Lipinski definition) is 2. The molecule has 3 amide bonds. The molecule has 160 valence electrons. The highest BCUT2D eigenvalue weighted by molar-refractivity contribution is 6.35. The molecule has 5 nitrogen and oxygen atoms in total. The molecule has 4 aromatic carbocycles. The molecule has 2 N–H and O–H groups in total. The number of carbonyl (C=O) groups is 2. The smallest absolute Gasteiger partial charge is 0.326 e. The van der Waals surface area contributed by atoms with Crippen LogP contribution in [-0.4, -0.2) is 11.9 Å². The highest BCUT2D eigenvalue weighted by atomic mass is 35.5. The van der Waals surface area contributed by atoms with Crippen LogP contribution in [0.5, 0.6) is 11.5 Å². The minimum atomic E-state index is -1.19. The van der Waals surface area contributed by atoms with Gasteiger partial charge in [-0.05, 0) is 48.5 Å². The van der Waals surface area contributed by atoms with Crippen molar-refractivity contribution >= 4 is 40.0 Å². The second-order valence-corrected chi connectivity index (χ2v) is 7.13. The van der Waals surface area contributed by atoms with Gasteiger partial charge < -0.3 is 10.1 Å². The predicted molar refractivity (Wildman–Crippen MR) is 118 cm³/mol. The molecule has 0 aromatic heterocycles. The molecule has 0 aliphatic carbocycles. The maximum atomic E-state index is 13.7. The minimum Gasteiger partial charge on any atom is -0.457 e.